The average Bonchev–Trinajstić information content (AvgIpc) is 2.77. The molecule has 0 amide bonds. The van der Waals surface area contributed by atoms with Crippen molar-refractivity contribution in [3.05, 3.63) is 12.7 Å². The first-order chi connectivity index (χ1) is 5.38. The number of epoxide rings is 1. The van der Waals surface area contributed by atoms with E-state index in [-0.39, 0.29) is 12.2 Å². The summed E-state index contributed by atoms with van der Waals surface area (Å²) in [5.74, 6) is 6.14. The second-order valence-electron chi connectivity index (χ2n) is 2.68. The summed E-state index contributed by atoms with van der Waals surface area (Å²) in [5, 5.41) is 0. The topological polar surface area (TPSA) is 12.5 Å². The standard InChI is InChI=1S/C10H14O/c1-3-5-6-7-8-10-9(4-2)11-10/h4,9-10H,2-3,5-6H2,1H3/t9-,10+/m1/s1. The Labute approximate surface area is 68.4 Å². The van der Waals surface area contributed by atoms with Crippen LogP contribution < -0.4 is 0 Å². The van der Waals surface area contributed by atoms with E-state index in [0.717, 1.165) is 6.42 Å². The van der Waals surface area contributed by atoms with Crippen LogP contribution in [0.5, 0.6) is 0 Å². The van der Waals surface area contributed by atoms with E-state index in [1.165, 1.54) is 12.8 Å². The first-order valence-electron chi connectivity index (χ1n) is 4.15. The molecule has 1 nitrogen and oxygen atoms in total. The maximum atomic E-state index is 5.15. The van der Waals surface area contributed by atoms with Crippen molar-refractivity contribution in [1.29, 1.82) is 0 Å². The highest BCUT2D eigenvalue weighted by Crippen LogP contribution is 2.21. The Morgan fingerprint density at radius 3 is 3.00 bits per heavy atom. The fraction of sp³-hybridized carbons (Fsp3) is 0.600. The van der Waals surface area contributed by atoms with Crippen molar-refractivity contribution in [2.24, 2.45) is 0 Å². The van der Waals surface area contributed by atoms with Crippen LogP contribution in [0.4, 0.5) is 0 Å². The molecule has 1 heteroatoms. The van der Waals surface area contributed by atoms with Crippen LogP contribution in [-0.4, -0.2) is 12.2 Å². The van der Waals surface area contributed by atoms with Crippen LogP contribution in [0.3, 0.4) is 0 Å². The van der Waals surface area contributed by atoms with Gasteiger partial charge < -0.3 is 4.74 Å². The lowest BCUT2D eigenvalue weighted by Crippen LogP contribution is -1.83. The highest BCUT2D eigenvalue weighted by molar-refractivity contribution is 5.18. The summed E-state index contributed by atoms with van der Waals surface area (Å²) >= 11 is 0. The number of hydrogen-bond donors (Lipinski definition) is 0. The van der Waals surface area contributed by atoms with Crippen molar-refractivity contribution < 1.29 is 4.74 Å². The van der Waals surface area contributed by atoms with Gasteiger partial charge in [-0.2, -0.15) is 0 Å². The molecular weight excluding hydrogens is 136 g/mol. The molecule has 1 saturated heterocycles. The summed E-state index contributed by atoms with van der Waals surface area (Å²) in [4.78, 5) is 0. The highest BCUT2D eigenvalue weighted by Gasteiger charge is 2.33. The highest BCUT2D eigenvalue weighted by atomic mass is 16.6. The molecule has 0 aromatic carbocycles. The zero-order valence-corrected chi connectivity index (χ0v) is 6.97. The third-order valence-corrected chi connectivity index (χ3v) is 1.66. The van der Waals surface area contributed by atoms with Crippen molar-refractivity contribution >= 4 is 0 Å². The Morgan fingerprint density at radius 2 is 2.45 bits per heavy atom. The molecule has 0 saturated carbocycles. The van der Waals surface area contributed by atoms with Crippen molar-refractivity contribution in [3.63, 3.8) is 0 Å². The number of rotatable bonds is 3. The van der Waals surface area contributed by atoms with Crippen molar-refractivity contribution in [2.75, 3.05) is 0 Å². The van der Waals surface area contributed by atoms with Crippen molar-refractivity contribution in [3.8, 4) is 11.8 Å². The monoisotopic (exact) mass is 150 g/mol. The zero-order chi connectivity index (χ0) is 8.10. The van der Waals surface area contributed by atoms with Gasteiger partial charge in [0.25, 0.3) is 0 Å². The molecule has 0 unspecified atom stereocenters. The van der Waals surface area contributed by atoms with E-state index < -0.39 is 0 Å². The summed E-state index contributed by atoms with van der Waals surface area (Å²) in [5.41, 5.74) is 0. The Balaban J connectivity index is 2.09. The van der Waals surface area contributed by atoms with Gasteiger partial charge in [-0.15, -0.1) is 12.5 Å². The van der Waals surface area contributed by atoms with E-state index in [4.69, 9.17) is 4.74 Å². The van der Waals surface area contributed by atoms with Gasteiger partial charge in [-0.3, -0.25) is 0 Å². The van der Waals surface area contributed by atoms with Crippen molar-refractivity contribution in [1.82, 2.24) is 0 Å². The molecule has 2 atom stereocenters. The number of ether oxygens (including phenoxy) is 1. The summed E-state index contributed by atoms with van der Waals surface area (Å²) in [6, 6.07) is 0. The average molecular weight is 150 g/mol. The van der Waals surface area contributed by atoms with Gasteiger partial charge in [0.1, 0.15) is 12.2 Å². The summed E-state index contributed by atoms with van der Waals surface area (Å²) < 4.78 is 5.15. The molecule has 1 rings (SSSR count). The quantitative estimate of drug-likeness (QED) is 0.260. The minimum Gasteiger partial charge on any atom is -0.351 e. The fourth-order valence-corrected chi connectivity index (χ4v) is 0.857. The van der Waals surface area contributed by atoms with Crippen LogP contribution in [0.25, 0.3) is 0 Å². The van der Waals surface area contributed by atoms with Gasteiger partial charge in [-0.05, 0) is 6.42 Å². The summed E-state index contributed by atoms with van der Waals surface area (Å²) in [6.45, 7) is 5.79. The van der Waals surface area contributed by atoms with E-state index in [1.807, 2.05) is 0 Å². The molecule has 1 aliphatic rings. The first-order valence-corrected chi connectivity index (χ1v) is 4.15. The van der Waals surface area contributed by atoms with Crippen LogP contribution in [0.1, 0.15) is 26.2 Å². The molecule has 0 aromatic rings. The van der Waals surface area contributed by atoms with Gasteiger partial charge >= 0.3 is 0 Å². The van der Waals surface area contributed by atoms with Gasteiger partial charge in [0.05, 0.1) is 0 Å². The second-order valence-corrected chi connectivity index (χ2v) is 2.68. The predicted octanol–water partition coefficient (Wildman–Crippen LogP) is 2.13. The molecule has 0 N–H and O–H groups in total. The van der Waals surface area contributed by atoms with Gasteiger partial charge in [0, 0.05) is 6.42 Å². The van der Waals surface area contributed by atoms with Crippen LogP contribution in [-0.2, 0) is 4.74 Å². The van der Waals surface area contributed by atoms with Crippen LogP contribution in [0.15, 0.2) is 12.7 Å². The smallest absolute Gasteiger partial charge is 0.148 e. The van der Waals surface area contributed by atoms with E-state index in [2.05, 4.69) is 25.3 Å². The number of hydrogen-bond acceptors (Lipinski definition) is 1. The molecule has 1 fully saturated rings. The lowest BCUT2D eigenvalue weighted by Gasteiger charge is -1.82. The maximum absolute atomic E-state index is 5.15. The third-order valence-electron chi connectivity index (χ3n) is 1.66. The van der Waals surface area contributed by atoms with Crippen molar-refractivity contribution in [2.45, 2.75) is 38.4 Å². The normalized spacial score (nSPS) is 27.0. The lowest BCUT2D eigenvalue weighted by molar-refractivity contribution is 0.417. The summed E-state index contributed by atoms with van der Waals surface area (Å²) in [6.07, 6.45) is 5.58. The minimum atomic E-state index is 0.157. The maximum Gasteiger partial charge on any atom is 0.148 e. The Morgan fingerprint density at radius 1 is 1.64 bits per heavy atom. The molecule has 0 aliphatic carbocycles. The van der Waals surface area contributed by atoms with E-state index in [9.17, 15) is 0 Å². The molecule has 0 radical (unpaired) electrons. The van der Waals surface area contributed by atoms with Gasteiger partial charge in [-0.25, -0.2) is 0 Å². The number of unbranched alkanes of at least 4 members (excludes halogenated alkanes) is 2. The van der Waals surface area contributed by atoms with E-state index >= 15 is 0 Å². The van der Waals surface area contributed by atoms with Crippen LogP contribution in [0, 0.1) is 11.8 Å². The van der Waals surface area contributed by atoms with Crippen LogP contribution >= 0.6 is 0 Å². The predicted molar refractivity (Wildman–Crippen MR) is 46.2 cm³/mol. The van der Waals surface area contributed by atoms with Gasteiger partial charge in [-0.1, -0.05) is 25.3 Å². The molecule has 0 aromatic heterocycles. The van der Waals surface area contributed by atoms with Crippen LogP contribution in [0.2, 0.25) is 0 Å². The molecule has 0 bridgehead atoms. The molecule has 1 aliphatic heterocycles. The van der Waals surface area contributed by atoms with Gasteiger partial charge in [0.15, 0.2) is 0 Å². The lowest BCUT2D eigenvalue weighted by atomic mass is 10.2. The molecule has 11 heavy (non-hydrogen) atoms. The Hall–Kier alpha value is -0.740. The Kier molecular flexibility index (Phi) is 3.19. The SMILES string of the molecule is C=C[C@H]1O[C@H]1C#CCCCC. The first kappa shape index (κ1) is 8.36. The zero-order valence-electron chi connectivity index (χ0n) is 6.97. The molecule has 0 spiro atoms. The third kappa shape index (κ3) is 2.78. The van der Waals surface area contributed by atoms with E-state index in [1.54, 1.807) is 6.08 Å². The molecule has 1 heterocycles. The fourth-order valence-electron chi connectivity index (χ4n) is 0.857. The summed E-state index contributed by atoms with van der Waals surface area (Å²) in [7, 11) is 0. The second kappa shape index (κ2) is 4.20. The molecule has 60 valence electrons. The van der Waals surface area contributed by atoms with Gasteiger partial charge in [0.2, 0.25) is 0 Å². The minimum absolute atomic E-state index is 0.157. The largest absolute Gasteiger partial charge is 0.351 e. The Bertz CT molecular complexity index is 185. The molecular formula is C10H14O. The van der Waals surface area contributed by atoms with E-state index in [0.29, 0.717) is 0 Å².